The van der Waals surface area contributed by atoms with Crippen LogP contribution in [0.4, 0.5) is 0 Å². The summed E-state index contributed by atoms with van der Waals surface area (Å²) in [5.41, 5.74) is 3.36. The normalized spacial score (nSPS) is 12.9. The van der Waals surface area contributed by atoms with Gasteiger partial charge in [-0.3, -0.25) is 4.57 Å². The second-order valence-electron chi connectivity index (χ2n) is 4.91. The van der Waals surface area contributed by atoms with Crippen LogP contribution in [-0.2, 0) is 28.5 Å². The second-order valence-corrected chi connectivity index (χ2v) is 6.05. The summed E-state index contributed by atoms with van der Waals surface area (Å²) in [6.07, 6.45) is 1.24. The molecule has 0 saturated carbocycles. The molecule has 0 bridgehead atoms. The lowest BCUT2D eigenvalue weighted by Gasteiger charge is -2.13. The Morgan fingerprint density at radius 3 is 2.61 bits per heavy atom. The third-order valence-electron chi connectivity index (χ3n) is 2.72. The fourth-order valence-corrected chi connectivity index (χ4v) is 2.52. The molecule has 1 unspecified atom stereocenters. The molecule has 0 fully saturated rings. The highest BCUT2D eigenvalue weighted by atomic mass is 31.1. The lowest BCUT2D eigenvalue weighted by molar-refractivity contribution is 0.133. The fraction of sp³-hybridized carbons (Fsp3) is 0.571. The van der Waals surface area contributed by atoms with Crippen molar-refractivity contribution >= 4 is 8.03 Å². The summed E-state index contributed by atoms with van der Waals surface area (Å²) in [7, 11) is -2.44. The van der Waals surface area contributed by atoms with Crippen molar-refractivity contribution in [2.75, 3.05) is 6.61 Å². The van der Waals surface area contributed by atoms with Crippen molar-refractivity contribution in [2.45, 2.75) is 40.0 Å². The van der Waals surface area contributed by atoms with E-state index in [4.69, 9.17) is 9.63 Å². The lowest BCUT2D eigenvalue weighted by atomic mass is 9.96. The van der Waals surface area contributed by atoms with Crippen molar-refractivity contribution < 1.29 is 14.2 Å². The summed E-state index contributed by atoms with van der Waals surface area (Å²) in [6, 6.07) is 6.00. The lowest BCUT2D eigenvalue weighted by Crippen LogP contribution is -2.03. The van der Waals surface area contributed by atoms with E-state index in [1.807, 2.05) is 25.1 Å². The average molecular weight is 270 g/mol. The molecule has 0 amide bonds. The number of ether oxygens (including phenoxy) is 1. The van der Waals surface area contributed by atoms with Gasteiger partial charge >= 0.3 is 0 Å². The van der Waals surface area contributed by atoms with Gasteiger partial charge in [-0.05, 0) is 36.0 Å². The molecule has 1 aromatic rings. The van der Waals surface area contributed by atoms with E-state index in [2.05, 4.69) is 13.8 Å². The van der Waals surface area contributed by atoms with Gasteiger partial charge in [0.25, 0.3) is 0 Å². The van der Waals surface area contributed by atoms with Crippen LogP contribution in [0.15, 0.2) is 18.2 Å². The maximum absolute atomic E-state index is 10.9. The number of hydrogen-bond donors (Lipinski definition) is 1. The minimum atomic E-state index is -2.44. The Balaban J connectivity index is 2.92. The molecule has 3 nitrogen and oxygen atoms in total. The molecule has 102 valence electrons. The van der Waals surface area contributed by atoms with Crippen LogP contribution in [-0.4, -0.2) is 11.5 Å². The van der Waals surface area contributed by atoms with Crippen LogP contribution in [0.5, 0.6) is 0 Å². The van der Waals surface area contributed by atoms with Gasteiger partial charge in [-0.15, -0.1) is 0 Å². The van der Waals surface area contributed by atoms with E-state index in [-0.39, 0.29) is 6.16 Å². The molecule has 1 atom stereocenters. The van der Waals surface area contributed by atoms with Crippen molar-refractivity contribution in [2.24, 2.45) is 5.92 Å². The van der Waals surface area contributed by atoms with Gasteiger partial charge in [-0.2, -0.15) is 0 Å². The van der Waals surface area contributed by atoms with Crippen molar-refractivity contribution in [1.29, 1.82) is 0 Å². The predicted octanol–water partition coefficient (Wildman–Crippen LogP) is 3.39. The molecule has 0 aliphatic rings. The first-order chi connectivity index (χ1) is 8.52. The molecule has 0 aliphatic carbocycles. The predicted molar refractivity (Wildman–Crippen MR) is 75.2 cm³/mol. The van der Waals surface area contributed by atoms with Crippen LogP contribution >= 0.6 is 8.03 Å². The summed E-state index contributed by atoms with van der Waals surface area (Å²) < 4.78 is 16.4. The van der Waals surface area contributed by atoms with E-state index in [1.54, 1.807) is 0 Å². The number of rotatable bonds is 7. The first-order valence-electron chi connectivity index (χ1n) is 6.43. The van der Waals surface area contributed by atoms with E-state index >= 15 is 0 Å². The third-order valence-corrected chi connectivity index (χ3v) is 3.43. The third kappa shape index (κ3) is 5.34. The van der Waals surface area contributed by atoms with E-state index in [9.17, 15) is 4.57 Å². The highest BCUT2D eigenvalue weighted by molar-refractivity contribution is 7.37. The molecule has 4 heteroatoms. The maximum Gasteiger partial charge on any atom is 0.193 e. The Kier molecular flexibility index (Phi) is 6.62. The minimum Gasteiger partial charge on any atom is -0.377 e. The topological polar surface area (TPSA) is 46.5 Å². The molecule has 0 saturated heterocycles. The van der Waals surface area contributed by atoms with Crippen molar-refractivity contribution in [3.05, 3.63) is 34.9 Å². The standard InChI is InChI=1S/C14H23O3P/c1-4-17-9-13-6-5-12(10-18(15)16)8-14(13)7-11(2)3/h5-6,8,11,18H,4,7,9-10H2,1-3H3,(H,15,16). The summed E-state index contributed by atoms with van der Waals surface area (Å²) in [6.45, 7) is 7.65. The minimum absolute atomic E-state index is 0.269. The average Bonchev–Trinajstić information content (AvgIpc) is 2.26. The summed E-state index contributed by atoms with van der Waals surface area (Å²) in [5.74, 6) is 0.562. The summed E-state index contributed by atoms with van der Waals surface area (Å²) >= 11 is 0. The van der Waals surface area contributed by atoms with Gasteiger partial charge in [0.05, 0.1) is 6.61 Å². The van der Waals surface area contributed by atoms with Crippen LogP contribution < -0.4 is 0 Å². The first-order valence-corrected chi connectivity index (χ1v) is 7.99. The highest BCUT2D eigenvalue weighted by Gasteiger charge is 2.07. The van der Waals surface area contributed by atoms with Crippen LogP contribution in [0.25, 0.3) is 0 Å². The Morgan fingerprint density at radius 1 is 1.33 bits per heavy atom. The van der Waals surface area contributed by atoms with Crippen LogP contribution in [0.2, 0.25) is 0 Å². The van der Waals surface area contributed by atoms with Crippen LogP contribution in [0.1, 0.15) is 37.5 Å². The molecule has 0 heterocycles. The van der Waals surface area contributed by atoms with Crippen LogP contribution in [0.3, 0.4) is 0 Å². The molecular formula is C14H23O3P. The van der Waals surface area contributed by atoms with E-state index in [1.165, 1.54) is 11.1 Å². The monoisotopic (exact) mass is 270 g/mol. The van der Waals surface area contributed by atoms with Crippen molar-refractivity contribution in [3.8, 4) is 0 Å². The molecule has 0 aromatic heterocycles. The van der Waals surface area contributed by atoms with Gasteiger partial charge in [-0.1, -0.05) is 32.0 Å². The van der Waals surface area contributed by atoms with Gasteiger partial charge < -0.3 is 9.63 Å². The summed E-state index contributed by atoms with van der Waals surface area (Å²) in [5, 5.41) is 0. The van der Waals surface area contributed by atoms with E-state index in [0.717, 1.165) is 12.0 Å². The maximum atomic E-state index is 10.9. The smallest absolute Gasteiger partial charge is 0.193 e. The molecular weight excluding hydrogens is 247 g/mol. The Bertz CT molecular complexity index is 402. The first kappa shape index (κ1) is 15.4. The molecule has 0 aliphatic heterocycles. The zero-order chi connectivity index (χ0) is 13.5. The fourth-order valence-electron chi connectivity index (χ4n) is 1.95. The molecule has 0 radical (unpaired) electrons. The molecule has 18 heavy (non-hydrogen) atoms. The molecule has 1 rings (SSSR count). The molecule has 1 aromatic carbocycles. The van der Waals surface area contributed by atoms with Crippen molar-refractivity contribution in [1.82, 2.24) is 0 Å². The summed E-state index contributed by atoms with van der Waals surface area (Å²) in [4.78, 5) is 9.01. The van der Waals surface area contributed by atoms with Gasteiger partial charge in [0, 0.05) is 12.8 Å². The van der Waals surface area contributed by atoms with Gasteiger partial charge in [0.1, 0.15) is 0 Å². The quantitative estimate of drug-likeness (QED) is 0.772. The molecule has 1 N–H and O–H groups in total. The van der Waals surface area contributed by atoms with Crippen LogP contribution in [0, 0.1) is 5.92 Å². The zero-order valence-corrected chi connectivity index (χ0v) is 12.4. The van der Waals surface area contributed by atoms with Crippen molar-refractivity contribution in [3.63, 3.8) is 0 Å². The Hall–Kier alpha value is -0.630. The van der Waals surface area contributed by atoms with Gasteiger partial charge in [0.15, 0.2) is 8.03 Å². The number of benzene rings is 1. The Labute approximate surface area is 110 Å². The largest absolute Gasteiger partial charge is 0.377 e. The van der Waals surface area contributed by atoms with Gasteiger partial charge in [-0.25, -0.2) is 0 Å². The SMILES string of the molecule is CCOCc1ccc(C[PH](=O)O)cc1CC(C)C. The second kappa shape index (κ2) is 7.73. The van der Waals surface area contributed by atoms with E-state index < -0.39 is 8.03 Å². The number of hydrogen-bond acceptors (Lipinski definition) is 2. The Morgan fingerprint density at radius 2 is 2.06 bits per heavy atom. The zero-order valence-electron chi connectivity index (χ0n) is 11.4. The molecule has 0 spiro atoms. The van der Waals surface area contributed by atoms with E-state index in [0.29, 0.717) is 19.1 Å². The van der Waals surface area contributed by atoms with Gasteiger partial charge in [0.2, 0.25) is 0 Å². The highest BCUT2D eigenvalue weighted by Crippen LogP contribution is 2.24.